The molecule has 216 valence electrons. The minimum absolute atomic E-state index is 0.0204. The Bertz CT molecular complexity index is 1250. The number of hydrogen-bond donors (Lipinski definition) is 1. The fourth-order valence-corrected chi connectivity index (χ4v) is 4.75. The number of hydrogen-bond acceptors (Lipinski definition) is 8. The van der Waals surface area contributed by atoms with Crippen molar-refractivity contribution in [3.05, 3.63) is 47.5 Å². The molecule has 0 saturated carbocycles. The van der Waals surface area contributed by atoms with E-state index in [0.717, 1.165) is 11.3 Å². The highest BCUT2D eigenvalue weighted by molar-refractivity contribution is 5.95. The van der Waals surface area contributed by atoms with Crippen LogP contribution in [0.15, 0.2) is 36.4 Å². The van der Waals surface area contributed by atoms with Gasteiger partial charge in [0, 0.05) is 24.6 Å². The predicted octanol–water partition coefficient (Wildman–Crippen LogP) is 4.98. The number of likely N-dealkylation sites (tertiary alicyclic amines) is 1. The molecule has 4 rings (SSSR count). The van der Waals surface area contributed by atoms with Crippen LogP contribution < -0.4 is 19.5 Å². The lowest BCUT2D eigenvalue weighted by Gasteiger charge is -2.28. The lowest BCUT2D eigenvalue weighted by atomic mass is 10.0. The number of nitrogens with one attached hydrogen (secondary N) is 1. The Morgan fingerprint density at radius 2 is 1.85 bits per heavy atom. The average molecular weight is 555 g/mol. The topological polar surface area (TPSA) is 113 Å². The normalized spacial score (nSPS) is 18.6. The summed E-state index contributed by atoms with van der Waals surface area (Å²) in [5.74, 6) is 0.651. The number of fused-ring (bicyclic) bond motifs is 1. The van der Waals surface area contributed by atoms with E-state index in [9.17, 15) is 14.4 Å². The Kier molecular flexibility index (Phi) is 8.76. The largest absolute Gasteiger partial charge is 0.490 e. The second kappa shape index (κ2) is 12.1. The number of anilines is 1. The summed E-state index contributed by atoms with van der Waals surface area (Å²) in [5.41, 5.74) is 1.31. The Balaban J connectivity index is 1.53. The summed E-state index contributed by atoms with van der Waals surface area (Å²) in [6.07, 6.45) is 0.647. The van der Waals surface area contributed by atoms with Crippen LogP contribution in [0.25, 0.3) is 0 Å². The first kappa shape index (κ1) is 29.0. The van der Waals surface area contributed by atoms with Crippen LogP contribution in [0.3, 0.4) is 0 Å². The van der Waals surface area contributed by atoms with Crippen molar-refractivity contribution in [1.29, 1.82) is 0 Å². The Morgan fingerprint density at radius 3 is 2.55 bits per heavy atom. The van der Waals surface area contributed by atoms with Crippen LogP contribution in [-0.4, -0.2) is 67.0 Å². The molecule has 2 amide bonds. The number of carbonyl (C=O) groups is 3. The molecule has 2 aliphatic heterocycles. The quantitative estimate of drug-likeness (QED) is 0.455. The molecular weight excluding hydrogens is 516 g/mol. The molecule has 1 N–H and O–H groups in total. The Morgan fingerprint density at radius 1 is 1.10 bits per heavy atom. The molecule has 0 spiro atoms. The van der Waals surface area contributed by atoms with Gasteiger partial charge in [-0.3, -0.25) is 9.69 Å². The van der Waals surface area contributed by atoms with E-state index in [4.69, 9.17) is 23.7 Å². The highest BCUT2D eigenvalue weighted by atomic mass is 16.6. The molecule has 10 nitrogen and oxygen atoms in total. The molecule has 0 aromatic heterocycles. The first-order valence-electron chi connectivity index (χ1n) is 13.5. The van der Waals surface area contributed by atoms with Crippen LogP contribution in [0.4, 0.5) is 10.5 Å². The van der Waals surface area contributed by atoms with Gasteiger partial charge in [-0.05, 0) is 64.8 Å². The van der Waals surface area contributed by atoms with E-state index in [0.29, 0.717) is 36.5 Å². The molecule has 1 fully saturated rings. The highest BCUT2D eigenvalue weighted by Crippen LogP contribution is 2.33. The van der Waals surface area contributed by atoms with Crippen LogP contribution in [0.5, 0.6) is 17.2 Å². The van der Waals surface area contributed by atoms with Gasteiger partial charge < -0.3 is 29.0 Å². The standard InChI is InChI=1S/C30H38N2O8/c1-18(2)38-25-9-7-8-24(27(25)28(34)36-6)37-17-20-14-22(16-32(20)29(35)40-30(3,4)5)39-21-12-10-19-11-13-26(33)31-23(19)15-21/h7-10,12,15,18,20,22H,11,13-14,16-17H2,1-6H3,(H,31,33)/t20-,22+/m1/s1. The molecular formula is C30H38N2O8. The number of rotatable bonds is 8. The van der Waals surface area contributed by atoms with Crippen molar-refractivity contribution in [3.8, 4) is 17.2 Å². The number of methoxy groups -OCH3 is 1. The minimum Gasteiger partial charge on any atom is -0.490 e. The van der Waals surface area contributed by atoms with Crippen molar-refractivity contribution in [3.63, 3.8) is 0 Å². The number of nitrogens with zero attached hydrogens (tertiary/aromatic N) is 1. The summed E-state index contributed by atoms with van der Waals surface area (Å²) in [6.45, 7) is 9.53. The van der Waals surface area contributed by atoms with E-state index in [1.54, 1.807) is 23.1 Å². The number of benzene rings is 2. The minimum atomic E-state index is -0.682. The van der Waals surface area contributed by atoms with E-state index in [2.05, 4.69) is 5.32 Å². The zero-order valence-electron chi connectivity index (χ0n) is 23.9. The van der Waals surface area contributed by atoms with Crippen molar-refractivity contribution >= 4 is 23.7 Å². The zero-order valence-corrected chi connectivity index (χ0v) is 23.9. The molecule has 0 aliphatic carbocycles. The van der Waals surface area contributed by atoms with Crippen molar-refractivity contribution in [1.82, 2.24) is 4.90 Å². The number of aryl methyl sites for hydroxylation is 1. The van der Waals surface area contributed by atoms with Crippen LogP contribution in [0.1, 0.15) is 63.4 Å². The van der Waals surface area contributed by atoms with Crippen molar-refractivity contribution in [2.75, 3.05) is 25.6 Å². The Hall–Kier alpha value is -3.95. The lowest BCUT2D eigenvalue weighted by Crippen LogP contribution is -2.42. The maximum Gasteiger partial charge on any atom is 0.410 e. The smallest absolute Gasteiger partial charge is 0.410 e. The van der Waals surface area contributed by atoms with Gasteiger partial charge in [-0.25, -0.2) is 9.59 Å². The second-order valence-corrected chi connectivity index (χ2v) is 11.2. The van der Waals surface area contributed by atoms with Crippen molar-refractivity contribution in [2.24, 2.45) is 0 Å². The summed E-state index contributed by atoms with van der Waals surface area (Å²) >= 11 is 0. The second-order valence-electron chi connectivity index (χ2n) is 11.2. The van der Waals surface area contributed by atoms with E-state index >= 15 is 0 Å². The summed E-state index contributed by atoms with van der Waals surface area (Å²) in [4.78, 5) is 39.2. The van der Waals surface area contributed by atoms with Gasteiger partial charge in [0.05, 0.1) is 25.8 Å². The number of carbonyl (C=O) groups excluding carboxylic acids is 3. The molecule has 40 heavy (non-hydrogen) atoms. The molecule has 2 atom stereocenters. The maximum absolute atomic E-state index is 13.2. The fourth-order valence-electron chi connectivity index (χ4n) is 4.75. The fraction of sp³-hybridized carbons (Fsp3) is 0.500. The molecule has 10 heteroatoms. The van der Waals surface area contributed by atoms with E-state index in [1.807, 2.05) is 52.8 Å². The van der Waals surface area contributed by atoms with Crippen LogP contribution in [0, 0.1) is 0 Å². The van der Waals surface area contributed by atoms with E-state index < -0.39 is 23.7 Å². The highest BCUT2D eigenvalue weighted by Gasteiger charge is 2.39. The summed E-state index contributed by atoms with van der Waals surface area (Å²) in [7, 11) is 1.30. The van der Waals surface area contributed by atoms with Crippen LogP contribution >= 0.6 is 0 Å². The Labute approximate surface area is 234 Å². The van der Waals surface area contributed by atoms with Crippen LogP contribution in [-0.2, 0) is 20.7 Å². The third-order valence-corrected chi connectivity index (χ3v) is 6.46. The molecule has 2 aliphatic rings. The summed E-state index contributed by atoms with van der Waals surface area (Å²) < 4.78 is 28.9. The van der Waals surface area contributed by atoms with Crippen molar-refractivity contribution in [2.45, 2.75) is 77.7 Å². The average Bonchev–Trinajstić information content (AvgIpc) is 3.28. The van der Waals surface area contributed by atoms with Gasteiger partial charge in [0.2, 0.25) is 5.91 Å². The SMILES string of the molecule is COC(=O)c1c(OC[C@H]2C[C@H](Oc3ccc4c(c3)NC(=O)CC4)CN2C(=O)OC(C)(C)C)cccc1OC(C)C. The van der Waals surface area contributed by atoms with Gasteiger partial charge in [0.25, 0.3) is 0 Å². The number of esters is 1. The third kappa shape index (κ3) is 7.16. The lowest BCUT2D eigenvalue weighted by molar-refractivity contribution is -0.116. The summed E-state index contributed by atoms with van der Waals surface area (Å²) in [6, 6.07) is 10.3. The van der Waals surface area contributed by atoms with Gasteiger partial charge in [-0.1, -0.05) is 12.1 Å². The zero-order chi connectivity index (χ0) is 29.0. The molecule has 0 radical (unpaired) electrons. The molecule has 2 aromatic carbocycles. The van der Waals surface area contributed by atoms with E-state index in [1.165, 1.54) is 7.11 Å². The third-order valence-electron chi connectivity index (χ3n) is 6.46. The summed E-state index contributed by atoms with van der Waals surface area (Å²) in [5, 5.41) is 2.89. The van der Waals surface area contributed by atoms with Crippen molar-refractivity contribution < 1.29 is 38.1 Å². The molecule has 0 bridgehead atoms. The van der Waals surface area contributed by atoms with Gasteiger partial charge in [-0.15, -0.1) is 0 Å². The monoisotopic (exact) mass is 554 g/mol. The molecule has 1 saturated heterocycles. The van der Waals surface area contributed by atoms with Gasteiger partial charge in [0.15, 0.2) is 0 Å². The predicted molar refractivity (Wildman–Crippen MR) is 148 cm³/mol. The first-order valence-corrected chi connectivity index (χ1v) is 13.5. The first-order chi connectivity index (χ1) is 18.9. The van der Waals surface area contributed by atoms with Crippen LogP contribution in [0.2, 0.25) is 0 Å². The molecule has 2 aromatic rings. The number of amides is 2. The maximum atomic E-state index is 13.2. The molecule has 2 heterocycles. The van der Waals surface area contributed by atoms with Gasteiger partial charge in [0.1, 0.15) is 41.1 Å². The van der Waals surface area contributed by atoms with Gasteiger partial charge in [-0.2, -0.15) is 0 Å². The van der Waals surface area contributed by atoms with E-state index in [-0.39, 0.29) is 36.8 Å². The molecule has 0 unspecified atom stereocenters. The number of ether oxygens (including phenoxy) is 5. The van der Waals surface area contributed by atoms with Gasteiger partial charge >= 0.3 is 12.1 Å².